The molecule has 2 unspecified atom stereocenters. The van der Waals surface area contributed by atoms with Crippen LogP contribution in [0.15, 0.2) is 24.3 Å². The van der Waals surface area contributed by atoms with Crippen LogP contribution in [0, 0.1) is 0 Å². The summed E-state index contributed by atoms with van der Waals surface area (Å²) in [7, 11) is 0. The van der Waals surface area contributed by atoms with E-state index in [1.165, 1.54) is 0 Å². The number of para-hydroxylation sites is 1. The Morgan fingerprint density at radius 3 is 2.71 bits per heavy atom. The lowest BCUT2D eigenvalue weighted by Crippen LogP contribution is -2.27. The molecule has 3 nitrogen and oxygen atoms in total. The Hall–Kier alpha value is -1.06. The third-order valence-corrected chi connectivity index (χ3v) is 2.77. The van der Waals surface area contributed by atoms with Gasteiger partial charge in [-0.3, -0.25) is 0 Å². The average Bonchev–Trinajstić information content (AvgIpc) is 2.67. The van der Waals surface area contributed by atoms with Gasteiger partial charge in [0, 0.05) is 17.6 Å². The molecule has 2 atom stereocenters. The Morgan fingerprint density at radius 2 is 2.07 bits per heavy atom. The molecular formula is C11H15NO2. The van der Waals surface area contributed by atoms with Crippen LogP contribution in [-0.4, -0.2) is 22.9 Å². The van der Waals surface area contributed by atoms with Crippen LogP contribution in [-0.2, 0) is 0 Å². The predicted molar refractivity (Wildman–Crippen MR) is 54.1 cm³/mol. The maximum absolute atomic E-state index is 9.63. The van der Waals surface area contributed by atoms with Crippen molar-refractivity contribution in [2.24, 2.45) is 0 Å². The third kappa shape index (κ3) is 1.74. The van der Waals surface area contributed by atoms with Gasteiger partial charge in [-0.25, -0.2) is 0 Å². The first-order valence-electron chi connectivity index (χ1n) is 4.96. The molecular weight excluding hydrogens is 178 g/mol. The molecule has 3 heteroatoms. The van der Waals surface area contributed by atoms with E-state index in [1.54, 1.807) is 6.07 Å². The molecule has 1 fully saturated rings. The van der Waals surface area contributed by atoms with Crippen LogP contribution in [0.2, 0.25) is 0 Å². The highest BCUT2D eigenvalue weighted by Gasteiger charge is 2.25. The summed E-state index contributed by atoms with van der Waals surface area (Å²) in [4.78, 5) is 0. The fourth-order valence-corrected chi connectivity index (χ4v) is 1.99. The molecule has 2 rings (SSSR count). The van der Waals surface area contributed by atoms with E-state index in [9.17, 15) is 5.11 Å². The first-order valence-corrected chi connectivity index (χ1v) is 4.96. The Kier molecular flexibility index (Phi) is 2.70. The molecule has 0 aromatic heterocycles. The van der Waals surface area contributed by atoms with Crippen LogP contribution in [0.1, 0.15) is 24.4 Å². The van der Waals surface area contributed by atoms with Crippen molar-refractivity contribution in [3.05, 3.63) is 29.8 Å². The molecule has 0 spiro atoms. The molecule has 0 aliphatic carbocycles. The standard InChI is InChI=1S/C11H15NO2/c13-7-8-5-6-10(12-8)9-3-1-2-4-11(9)14/h1-4,8,10,12-14H,5-7H2. The molecule has 1 aliphatic rings. The summed E-state index contributed by atoms with van der Waals surface area (Å²) in [6.07, 6.45) is 1.94. The number of hydrogen-bond donors (Lipinski definition) is 3. The van der Waals surface area contributed by atoms with Gasteiger partial charge in [-0.05, 0) is 18.9 Å². The Bertz CT molecular complexity index is 314. The van der Waals surface area contributed by atoms with Crippen molar-refractivity contribution in [3.8, 4) is 5.75 Å². The molecule has 1 saturated heterocycles. The summed E-state index contributed by atoms with van der Waals surface area (Å²) >= 11 is 0. The predicted octanol–water partition coefficient (Wildman–Crippen LogP) is 1.18. The van der Waals surface area contributed by atoms with E-state index in [-0.39, 0.29) is 18.7 Å². The highest BCUT2D eigenvalue weighted by Crippen LogP contribution is 2.31. The molecule has 76 valence electrons. The quantitative estimate of drug-likeness (QED) is 0.661. The van der Waals surface area contributed by atoms with Crippen LogP contribution >= 0.6 is 0 Å². The zero-order valence-electron chi connectivity index (χ0n) is 7.98. The average molecular weight is 193 g/mol. The zero-order valence-corrected chi connectivity index (χ0v) is 7.98. The summed E-state index contributed by atoms with van der Waals surface area (Å²) < 4.78 is 0. The van der Waals surface area contributed by atoms with Gasteiger partial charge in [0.15, 0.2) is 0 Å². The van der Waals surface area contributed by atoms with Crippen LogP contribution in [0.25, 0.3) is 0 Å². The minimum absolute atomic E-state index is 0.171. The molecule has 1 aromatic rings. The molecule has 3 N–H and O–H groups in total. The maximum atomic E-state index is 9.63. The summed E-state index contributed by atoms with van der Waals surface area (Å²) in [6.45, 7) is 0.171. The topological polar surface area (TPSA) is 52.5 Å². The molecule has 0 saturated carbocycles. The van der Waals surface area contributed by atoms with E-state index in [0.29, 0.717) is 5.75 Å². The molecule has 1 aromatic carbocycles. The van der Waals surface area contributed by atoms with Crippen molar-refractivity contribution >= 4 is 0 Å². The van der Waals surface area contributed by atoms with Crippen LogP contribution in [0.3, 0.4) is 0 Å². The third-order valence-electron chi connectivity index (χ3n) is 2.77. The van der Waals surface area contributed by atoms with Gasteiger partial charge in [0.25, 0.3) is 0 Å². The fourth-order valence-electron chi connectivity index (χ4n) is 1.99. The van der Waals surface area contributed by atoms with Gasteiger partial charge in [0.1, 0.15) is 5.75 Å². The number of aromatic hydroxyl groups is 1. The minimum atomic E-state index is 0.171. The first-order chi connectivity index (χ1) is 6.81. The second-order valence-corrected chi connectivity index (χ2v) is 3.73. The normalized spacial score (nSPS) is 26.6. The number of aliphatic hydroxyl groups excluding tert-OH is 1. The zero-order chi connectivity index (χ0) is 9.97. The molecule has 1 heterocycles. The number of phenolic OH excluding ortho intramolecular Hbond substituents is 1. The second kappa shape index (κ2) is 3.98. The van der Waals surface area contributed by atoms with Crippen molar-refractivity contribution in [1.29, 1.82) is 0 Å². The van der Waals surface area contributed by atoms with E-state index in [1.807, 2.05) is 18.2 Å². The van der Waals surface area contributed by atoms with E-state index in [0.717, 1.165) is 18.4 Å². The summed E-state index contributed by atoms with van der Waals surface area (Å²) in [6, 6.07) is 7.73. The lowest BCUT2D eigenvalue weighted by molar-refractivity contribution is 0.251. The van der Waals surface area contributed by atoms with E-state index >= 15 is 0 Å². The van der Waals surface area contributed by atoms with Gasteiger partial charge in [-0.2, -0.15) is 0 Å². The number of aliphatic hydroxyl groups is 1. The van der Waals surface area contributed by atoms with Gasteiger partial charge in [0.2, 0.25) is 0 Å². The highest BCUT2D eigenvalue weighted by molar-refractivity contribution is 5.35. The van der Waals surface area contributed by atoms with Crippen LogP contribution in [0.5, 0.6) is 5.75 Å². The summed E-state index contributed by atoms with van der Waals surface area (Å²) in [5.41, 5.74) is 0.934. The van der Waals surface area contributed by atoms with Crippen molar-refractivity contribution in [3.63, 3.8) is 0 Å². The highest BCUT2D eigenvalue weighted by atomic mass is 16.3. The lowest BCUT2D eigenvalue weighted by Gasteiger charge is -2.14. The minimum Gasteiger partial charge on any atom is -0.508 e. The maximum Gasteiger partial charge on any atom is 0.120 e. The number of phenols is 1. The number of benzene rings is 1. The Balaban J connectivity index is 2.13. The fraction of sp³-hybridized carbons (Fsp3) is 0.455. The SMILES string of the molecule is OCC1CCC(c2ccccc2O)N1. The number of nitrogens with one attached hydrogen (secondary N) is 1. The van der Waals surface area contributed by atoms with Gasteiger partial charge in [0.05, 0.1) is 6.61 Å². The Morgan fingerprint density at radius 1 is 1.29 bits per heavy atom. The van der Waals surface area contributed by atoms with E-state index < -0.39 is 0 Å². The van der Waals surface area contributed by atoms with Gasteiger partial charge >= 0.3 is 0 Å². The number of rotatable bonds is 2. The molecule has 0 radical (unpaired) electrons. The largest absolute Gasteiger partial charge is 0.508 e. The Labute approximate surface area is 83.4 Å². The number of hydrogen-bond acceptors (Lipinski definition) is 3. The van der Waals surface area contributed by atoms with Crippen molar-refractivity contribution in [2.45, 2.75) is 24.9 Å². The van der Waals surface area contributed by atoms with Crippen LogP contribution in [0.4, 0.5) is 0 Å². The lowest BCUT2D eigenvalue weighted by atomic mass is 10.0. The van der Waals surface area contributed by atoms with Gasteiger partial charge in [-0.15, -0.1) is 0 Å². The molecule has 0 amide bonds. The molecule has 14 heavy (non-hydrogen) atoms. The summed E-state index contributed by atoms with van der Waals surface area (Å²) in [5.74, 6) is 0.337. The first kappa shape index (κ1) is 9.49. The second-order valence-electron chi connectivity index (χ2n) is 3.73. The molecule has 0 bridgehead atoms. The smallest absolute Gasteiger partial charge is 0.120 e. The van der Waals surface area contributed by atoms with E-state index in [4.69, 9.17) is 5.11 Å². The van der Waals surface area contributed by atoms with E-state index in [2.05, 4.69) is 5.32 Å². The summed E-state index contributed by atoms with van der Waals surface area (Å²) in [5, 5.41) is 21.9. The van der Waals surface area contributed by atoms with Crippen molar-refractivity contribution in [2.75, 3.05) is 6.61 Å². The van der Waals surface area contributed by atoms with Crippen LogP contribution < -0.4 is 5.32 Å². The van der Waals surface area contributed by atoms with Gasteiger partial charge in [-0.1, -0.05) is 18.2 Å². The van der Waals surface area contributed by atoms with Crippen molar-refractivity contribution < 1.29 is 10.2 Å². The van der Waals surface area contributed by atoms with Gasteiger partial charge < -0.3 is 15.5 Å². The van der Waals surface area contributed by atoms with Crippen molar-refractivity contribution in [1.82, 2.24) is 5.32 Å². The molecule has 1 aliphatic heterocycles. The monoisotopic (exact) mass is 193 g/mol.